The number of carbonyl (C=O) groups excluding carboxylic acids is 2. The standard InChI is InChI=1S/C23H25N3O4/c1-4-14-24-22(27)16(2)30-23(28)19-15-26(17-10-6-5-7-11-17)25-21(19)18-12-8-9-13-20(18)29-3/h5-13,15-16H,4,14H2,1-3H3,(H,24,27)/t16-/m0/s1. The Morgan fingerprint density at radius 1 is 1.10 bits per heavy atom. The number of hydrogen-bond donors (Lipinski definition) is 1. The van der Waals surface area contributed by atoms with Gasteiger partial charge in [0, 0.05) is 18.3 Å². The third-order valence-electron chi connectivity index (χ3n) is 4.52. The van der Waals surface area contributed by atoms with E-state index in [1.807, 2.05) is 55.5 Å². The minimum Gasteiger partial charge on any atom is -0.496 e. The molecule has 0 saturated carbocycles. The molecule has 0 saturated heterocycles. The number of carbonyl (C=O) groups is 2. The smallest absolute Gasteiger partial charge is 0.342 e. The average molecular weight is 407 g/mol. The number of methoxy groups -OCH3 is 1. The second kappa shape index (κ2) is 9.73. The molecule has 7 nitrogen and oxygen atoms in total. The van der Waals surface area contributed by atoms with Crippen molar-refractivity contribution < 1.29 is 19.1 Å². The molecule has 0 spiro atoms. The number of hydrogen-bond acceptors (Lipinski definition) is 5. The summed E-state index contributed by atoms with van der Waals surface area (Å²) >= 11 is 0. The van der Waals surface area contributed by atoms with Crippen LogP contribution in [0.25, 0.3) is 16.9 Å². The first-order valence-electron chi connectivity index (χ1n) is 9.82. The molecule has 7 heteroatoms. The van der Waals surface area contributed by atoms with E-state index in [1.165, 1.54) is 0 Å². The lowest BCUT2D eigenvalue weighted by Gasteiger charge is -2.13. The Hall–Kier alpha value is -3.61. The van der Waals surface area contributed by atoms with Gasteiger partial charge in [-0.3, -0.25) is 4.79 Å². The monoisotopic (exact) mass is 407 g/mol. The first kappa shape index (κ1) is 21.1. The Morgan fingerprint density at radius 3 is 2.50 bits per heavy atom. The number of rotatable bonds is 8. The van der Waals surface area contributed by atoms with E-state index in [9.17, 15) is 9.59 Å². The van der Waals surface area contributed by atoms with Crippen LogP contribution in [-0.4, -0.2) is 41.4 Å². The van der Waals surface area contributed by atoms with Crippen LogP contribution in [0.5, 0.6) is 5.75 Å². The van der Waals surface area contributed by atoms with Crippen LogP contribution >= 0.6 is 0 Å². The Labute approximate surface area is 175 Å². The van der Waals surface area contributed by atoms with Crippen LogP contribution < -0.4 is 10.1 Å². The number of benzene rings is 2. The molecule has 0 aliphatic heterocycles. The Kier molecular flexibility index (Phi) is 6.85. The maximum atomic E-state index is 13.0. The number of para-hydroxylation sites is 2. The quantitative estimate of drug-likeness (QED) is 0.577. The normalized spacial score (nSPS) is 11.6. The van der Waals surface area contributed by atoms with Crippen LogP contribution in [0.2, 0.25) is 0 Å². The molecule has 0 unspecified atom stereocenters. The van der Waals surface area contributed by atoms with Gasteiger partial charge in [-0.15, -0.1) is 0 Å². The lowest BCUT2D eigenvalue weighted by molar-refractivity contribution is -0.129. The summed E-state index contributed by atoms with van der Waals surface area (Å²) < 4.78 is 12.5. The fraction of sp³-hybridized carbons (Fsp3) is 0.261. The maximum absolute atomic E-state index is 13.0. The fourth-order valence-electron chi connectivity index (χ4n) is 2.94. The highest BCUT2D eigenvalue weighted by atomic mass is 16.5. The highest BCUT2D eigenvalue weighted by molar-refractivity contribution is 5.98. The summed E-state index contributed by atoms with van der Waals surface area (Å²) in [6.45, 7) is 4.03. The summed E-state index contributed by atoms with van der Waals surface area (Å²) in [5.41, 5.74) is 2.12. The molecule has 30 heavy (non-hydrogen) atoms. The molecule has 3 rings (SSSR count). The van der Waals surface area contributed by atoms with Crippen LogP contribution in [0.3, 0.4) is 0 Å². The lowest BCUT2D eigenvalue weighted by atomic mass is 10.1. The first-order chi connectivity index (χ1) is 14.5. The number of aromatic nitrogens is 2. The fourth-order valence-corrected chi connectivity index (χ4v) is 2.94. The zero-order valence-corrected chi connectivity index (χ0v) is 17.3. The van der Waals surface area contributed by atoms with E-state index < -0.39 is 12.1 Å². The molecule has 0 aliphatic rings. The summed E-state index contributed by atoms with van der Waals surface area (Å²) in [7, 11) is 1.56. The van der Waals surface area contributed by atoms with Gasteiger partial charge >= 0.3 is 5.97 Å². The largest absolute Gasteiger partial charge is 0.496 e. The maximum Gasteiger partial charge on any atom is 0.342 e. The van der Waals surface area contributed by atoms with Crippen molar-refractivity contribution in [3.8, 4) is 22.7 Å². The lowest BCUT2D eigenvalue weighted by Crippen LogP contribution is -2.36. The van der Waals surface area contributed by atoms with Crippen molar-refractivity contribution in [3.63, 3.8) is 0 Å². The highest BCUT2D eigenvalue weighted by Crippen LogP contribution is 2.32. The molecule has 3 aromatic rings. The van der Waals surface area contributed by atoms with Crippen molar-refractivity contribution >= 4 is 11.9 Å². The topological polar surface area (TPSA) is 82.5 Å². The predicted molar refractivity (Wildman–Crippen MR) is 114 cm³/mol. The molecule has 2 aromatic carbocycles. The van der Waals surface area contributed by atoms with E-state index in [-0.39, 0.29) is 11.5 Å². The first-order valence-corrected chi connectivity index (χ1v) is 9.82. The van der Waals surface area contributed by atoms with Gasteiger partial charge in [0.25, 0.3) is 5.91 Å². The van der Waals surface area contributed by atoms with E-state index in [2.05, 4.69) is 10.4 Å². The molecule has 0 bridgehead atoms. The number of nitrogens with zero attached hydrogens (tertiary/aromatic N) is 2. The molecule has 1 amide bonds. The zero-order chi connectivity index (χ0) is 21.5. The van der Waals surface area contributed by atoms with E-state index >= 15 is 0 Å². The molecule has 0 radical (unpaired) electrons. The second-order valence-electron chi connectivity index (χ2n) is 6.71. The summed E-state index contributed by atoms with van der Waals surface area (Å²) in [6, 6.07) is 16.8. The molecule has 0 fully saturated rings. The molecular weight excluding hydrogens is 382 g/mol. The van der Waals surface area contributed by atoms with Crippen molar-refractivity contribution in [1.82, 2.24) is 15.1 Å². The van der Waals surface area contributed by atoms with E-state index in [1.54, 1.807) is 31.0 Å². The highest BCUT2D eigenvalue weighted by Gasteiger charge is 2.25. The number of nitrogens with one attached hydrogen (secondary N) is 1. The van der Waals surface area contributed by atoms with Gasteiger partial charge in [0.15, 0.2) is 6.10 Å². The number of amides is 1. The summed E-state index contributed by atoms with van der Waals surface area (Å²) in [5, 5.41) is 7.34. The van der Waals surface area contributed by atoms with Crippen molar-refractivity contribution in [2.24, 2.45) is 0 Å². The van der Waals surface area contributed by atoms with Gasteiger partial charge in [-0.05, 0) is 37.6 Å². The van der Waals surface area contributed by atoms with Crippen molar-refractivity contribution in [2.45, 2.75) is 26.4 Å². The third kappa shape index (κ3) is 4.68. The van der Waals surface area contributed by atoms with E-state index in [0.29, 0.717) is 23.6 Å². The minimum absolute atomic E-state index is 0.249. The molecule has 0 aliphatic carbocycles. The van der Waals surface area contributed by atoms with Gasteiger partial charge in [-0.25, -0.2) is 9.48 Å². The van der Waals surface area contributed by atoms with Gasteiger partial charge in [-0.1, -0.05) is 37.3 Å². The van der Waals surface area contributed by atoms with Crippen LogP contribution in [0, 0.1) is 0 Å². The van der Waals surface area contributed by atoms with Crippen molar-refractivity contribution in [3.05, 3.63) is 66.4 Å². The third-order valence-corrected chi connectivity index (χ3v) is 4.52. The van der Waals surface area contributed by atoms with Crippen LogP contribution in [0.4, 0.5) is 0 Å². The van der Waals surface area contributed by atoms with E-state index in [0.717, 1.165) is 12.1 Å². The minimum atomic E-state index is -0.922. The molecule has 1 heterocycles. The van der Waals surface area contributed by atoms with Crippen molar-refractivity contribution in [1.29, 1.82) is 0 Å². The summed E-state index contributed by atoms with van der Waals surface area (Å²) in [6.07, 6.45) is 1.49. The SMILES string of the molecule is CCCNC(=O)[C@H](C)OC(=O)c1cn(-c2ccccc2)nc1-c1ccccc1OC. The molecule has 1 atom stereocenters. The predicted octanol–water partition coefficient (Wildman–Crippen LogP) is 3.62. The summed E-state index contributed by atoms with van der Waals surface area (Å²) in [4.78, 5) is 25.1. The van der Waals surface area contributed by atoms with Crippen LogP contribution in [0.15, 0.2) is 60.8 Å². The van der Waals surface area contributed by atoms with Gasteiger partial charge in [0.05, 0.1) is 12.8 Å². The molecule has 156 valence electrons. The Balaban J connectivity index is 1.98. The van der Waals surface area contributed by atoms with Crippen LogP contribution in [0.1, 0.15) is 30.6 Å². The van der Waals surface area contributed by atoms with Gasteiger partial charge in [-0.2, -0.15) is 5.10 Å². The summed E-state index contributed by atoms with van der Waals surface area (Å²) in [5.74, 6) is -0.379. The van der Waals surface area contributed by atoms with Gasteiger partial charge in [0.1, 0.15) is 17.0 Å². The second-order valence-corrected chi connectivity index (χ2v) is 6.71. The zero-order valence-electron chi connectivity index (χ0n) is 17.3. The molecule has 1 aromatic heterocycles. The van der Waals surface area contributed by atoms with E-state index in [4.69, 9.17) is 9.47 Å². The average Bonchev–Trinajstić information content (AvgIpc) is 3.23. The van der Waals surface area contributed by atoms with Gasteiger partial charge < -0.3 is 14.8 Å². The Morgan fingerprint density at radius 2 is 1.80 bits per heavy atom. The van der Waals surface area contributed by atoms with Crippen molar-refractivity contribution in [2.75, 3.05) is 13.7 Å². The number of ether oxygens (including phenoxy) is 2. The molecule has 1 N–H and O–H groups in total. The Bertz CT molecular complexity index is 1010. The van der Waals surface area contributed by atoms with Crippen LogP contribution in [-0.2, 0) is 9.53 Å². The van der Waals surface area contributed by atoms with Gasteiger partial charge in [0.2, 0.25) is 0 Å². The number of esters is 1. The molecular formula is C23H25N3O4.